The van der Waals surface area contributed by atoms with Crippen LogP contribution in [-0.4, -0.2) is 152 Å². The van der Waals surface area contributed by atoms with Gasteiger partial charge in [0.2, 0.25) is 47.3 Å². The van der Waals surface area contributed by atoms with Crippen LogP contribution in [0, 0.1) is 23.7 Å². The average Bonchev–Trinajstić information content (AvgIpc) is 4.27. The predicted molar refractivity (Wildman–Crippen MR) is 325 cm³/mol. The summed E-state index contributed by atoms with van der Waals surface area (Å²) < 4.78 is 10.4. The molecule has 0 unspecified atom stereocenters. The highest BCUT2D eigenvalue weighted by molar-refractivity contribution is 7.80. The Kier molecular flexibility index (Phi) is 25.8. The maximum absolute atomic E-state index is 14.3. The van der Waals surface area contributed by atoms with Gasteiger partial charge in [-0.05, 0) is 124 Å². The van der Waals surface area contributed by atoms with Gasteiger partial charge < -0.3 is 67.2 Å². The van der Waals surface area contributed by atoms with Crippen LogP contribution in [0.1, 0.15) is 162 Å². The van der Waals surface area contributed by atoms with Crippen molar-refractivity contribution in [1.29, 1.82) is 0 Å². The molecule has 2 heterocycles. The number of esters is 1. The Labute approximate surface area is 501 Å². The number of H-pyrrole nitrogens is 1. The summed E-state index contributed by atoms with van der Waals surface area (Å²) in [5, 5.41) is 26.1. The molecule has 2 aromatic rings. The van der Waals surface area contributed by atoms with E-state index >= 15 is 0 Å². The molecule has 470 valence electrons. The summed E-state index contributed by atoms with van der Waals surface area (Å²) >= 11 is 5.86. The maximum atomic E-state index is 14.3. The first-order valence-corrected chi connectivity index (χ1v) is 29.6. The zero-order chi connectivity index (χ0) is 64.0. The van der Waals surface area contributed by atoms with Crippen molar-refractivity contribution < 1.29 is 57.4 Å². The molecule has 0 radical (unpaired) electrons. The van der Waals surface area contributed by atoms with Crippen LogP contribution in [0.2, 0.25) is 0 Å². The molecule has 1 fully saturated rings. The second kappa shape index (κ2) is 30.3. The summed E-state index contributed by atoms with van der Waals surface area (Å²) in [6.45, 7) is 30.5. The SMILES string of the molecule is CC[C@H](C)[C@H](NC(=O)[C@H](Cc1c[nH]c2ccccc12)NC(=O)OC(C)(C)C)C(=O)N[C@@H](C)C(=O)NC(C)(C)C(=O)N[C@H](C(=O)N[C@H](C(=S)NC(C)(C)C(=O)N[C@@H](CC(C)C)C(=O)NC(C)(C)C(=O)N1CCC[C@H]1C(=O)OC)C(C)C)[C@@H](C)CC. The fourth-order valence-electron chi connectivity index (χ4n) is 9.46. The Bertz CT molecular complexity index is 2700. The molecule has 84 heavy (non-hydrogen) atoms. The topological polar surface area (TPSA) is 316 Å². The van der Waals surface area contributed by atoms with E-state index < -0.39 is 136 Å². The normalized spacial score (nSPS) is 16.8. The smallest absolute Gasteiger partial charge is 0.408 e. The molecular weight excluding hydrogens is 1100 g/mol. The van der Waals surface area contributed by atoms with Crippen LogP contribution >= 0.6 is 12.2 Å². The molecule has 3 rings (SSSR count). The number of ether oxygens (including phenoxy) is 2. The molecule has 9 atom stereocenters. The van der Waals surface area contributed by atoms with Gasteiger partial charge in [0.1, 0.15) is 58.5 Å². The van der Waals surface area contributed by atoms with E-state index in [9.17, 15) is 47.9 Å². The lowest BCUT2D eigenvalue weighted by Crippen LogP contribution is -2.65. The fraction of sp³-hybridized carbons (Fsp3) is 0.683. The van der Waals surface area contributed by atoms with Crippen molar-refractivity contribution in [2.75, 3.05) is 13.7 Å². The summed E-state index contributed by atoms with van der Waals surface area (Å²) in [7, 11) is 1.25. The van der Waals surface area contributed by atoms with Crippen LogP contribution in [-0.2, 0) is 59.0 Å². The van der Waals surface area contributed by atoms with Crippen molar-refractivity contribution in [3.05, 3.63) is 36.0 Å². The minimum atomic E-state index is -1.64. The Hall–Kier alpha value is -6.85. The second-order valence-corrected chi connectivity index (χ2v) is 26.0. The molecule has 24 heteroatoms. The number of rotatable bonds is 28. The van der Waals surface area contributed by atoms with Gasteiger partial charge in [-0.2, -0.15) is 0 Å². The van der Waals surface area contributed by atoms with Crippen LogP contribution in [0.4, 0.5) is 4.79 Å². The van der Waals surface area contributed by atoms with Crippen molar-refractivity contribution >= 4 is 87.4 Å². The van der Waals surface area contributed by atoms with Gasteiger partial charge in [-0.1, -0.05) is 98.6 Å². The van der Waals surface area contributed by atoms with Crippen molar-refractivity contribution in [3.63, 3.8) is 0 Å². The highest BCUT2D eigenvalue weighted by Gasteiger charge is 2.44. The van der Waals surface area contributed by atoms with E-state index in [0.717, 1.165) is 16.5 Å². The van der Waals surface area contributed by atoms with Gasteiger partial charge in [0, 0.05) is 30.1 Å². The molecule has 23 nitrogen and oxygen atoms in total. The third-order valence-corrected chi connectivity index (χ3v) is 15.3. The molecule has 9 amide bonds. The highest BCUT2D eigenvalue weighted by atomic mass is 32.1. The number of fused-ring (bicyclic) bond motifs is 1. The van der Waals surface area contributed by atoms with Crippen LogP contribution in [0.15, 0.2) is 30.5 Å². The Morgan fingerprint density at radius 2 is 1.18 bits per heavy atom. The van der Waals surface area contributed by atoms with Crippen LogP contribution in [0.25, 0.3) is 10.9 Å². The number of nitrogens with zero attached hydrogens (tertiary/aromatic N) is 1. The molecule has 10 N–H and O–H groups in total. The van der Waals surface area contributed by atoms with Crippen LogP contribution in [0.5, 0.6) is 0 Å². The van der Waals surface area contributed by atoms with E-state index in [2.05, 4.69) is 52.8 Å². The average molecular weight is 1200 g/mol. The largest absolute Gasteiger partial charge is 0.467 e. The minimum absolute atomic E-state index is 0.0554. The first-order valence-electron chi connectivity index (χ1n) is 29.2. The number of hydrogen-bond acceptors (Lipinski definition) is 13. The number of thiocarbonyl (C=S) groups is 1. The van der Waals surface area contributed by atoms with Crippen LogP contribution in [0.3, 0.4) is 0 Å². The number of amides is 9. The number of hydrogen-bond donors (Lipinski definition) is 10. The molecular formula is C60H97N11O12S. The van der Waals surface area contributed by atoms with E-state index in [-0.39, 0.29) is 29.7 Å². The number of alkyl carbamates (subject to hydrolysis) is 1. The van der Waals surface area contributed by atoms with Gasteiger partial charge in [-0.3, -0.25) is 38.4 Å². The quantitative estimate of drug-likeness (QED) is 0.0415. The predicted octanol–water partition coefficient (Wildman–Crippen LogP) is 4.49. The standard InChI is InChI=1S/C60H97N11O12S/c1-20-34(7)44(66-47(73)41(64-56(81)83-57(10,11)12)30-37-31-61-39-26-23-22-25-38(37)39)49(75)62-36(9)46(72)68-58(13,14)54(79)67-45(35(8)21-2)50(76)65-43(33(5)6)51(84)70-59(15,16)53(78)63-40(29-32(3)4)48(74)69-60(17,18)55(80)71-28-24-27-42(71)52(77)82-19/h22-23,25-26,31-36,40-45,61H,20-21,24,27-30H2,1-19H3,(H,62,75)(H,63,78)(H,64,81)(H,65,76)(H,66,73)(H,67,79)(H,68,72)(H,69,74)(H,70,84)/t34-,35-,36-,40-,41-,42-,43-,44-,45-/m0/s1. The van der Waals surface area contributed by atoms with Gasteiger partial charge in [0.05, 0.1) is 18.1 Å². The zero-order valence-corrected chi connectivity index (χ0v) is 53.8. The Morgan fingerprint density at radius 3 is 1.74 bits per heavy atom. The lowest BCUT2D eigenvalue weighted by molar-refractivity contribution is -0.153. The number of benzene rings is 1. The molecule has 1 aliphatic heterocycles. The second-order valence-electron chi connectivity index (χ2n) is 25.6. The number of likely N-dealkylation sites (tertiary alicyclic amines) is 1. The molecule has 0 spiro atoms. The molecule has 0 aliphatic carbocycles. The first-order chi connectivity index (χ1) is 38.8. The van der Waals surface area contributed by atoms with Crippen molar-refractivity contribution in [2.45, 2.75) is 228 Å². The maximum Gasteiger partial charge on any atom is 0.408 e. The van der Waals surface area contributed by atoms with E-state index in [1.165, 1.54) is 46.6 Å². The van der Waals surface area contributed by atoms with Crippen molar-refractivity contribution in [2.24, 2.45) is 23.7 Å². The Morgan fingerprint density at radius 1 is 0.643 bits per heavy atom. The van der Waals surface area contributed by atoms with Crippen molar-refractivity contribution in [1.82, 2.24) is 57.7 Å². The minimum Gasteiger partial charge on any atom is -0.467 e. The highest BCUT2D eigenvalue weighted by Crippen LogP contribution is 2.24. The van der Waals surface area contributed by atoms with E-state index in [4.69, 9.17) is 21.7 Å². The number of aromatic amines is 1. The van der Waals surface area contributed by atoms with Gasteiger partial charge in [-0.15, -0.1) is 0 Å². The number of carbonyl (C=O) groups excluding carboxylic acids is 10. The molecule has 1 aliphatic rings. The molecule has 0 bridgehead atoms. The summed E-state index contributed by atoms with van der Waals surface area (Å²) in [5.41, 5.74) is -3.83. The Balaban J connectivity index is 1.73. The number of carbonyl (C=O) groups is 10. The van der Waals surface area contributed by atoms with Gasteiger partial charge in [0.15, 0.2) is 0 Å². The number of nitrogens with one attached hydrogen (secondary N) is 10. The molecule has 1 saturated heterocycles. The molecule has 0 saturated carbocycles. The molecule has 1 aromatic heterocycles. The lowest BCUT2D eigenvalue weighted by atomic mass is 9.94. The van der Waals surface area contributed by atoms with Crippen molar-refractivity contribution in [3.8, 4) is 0 Å². The monoisotopic (exact) mass is 1200 g/mol. The first kappa shape index (κ1) is 71.4. The van der Waals surface area contributed by atoms with Gasteiger partial charge in [0.25, 0.3) is 0 Å². The number of para-hydroxylation sites is 1. The summed E-state index contributed by atoms with van der Waals surface area (Å²) in [4.78, 5) is 142. The van der Waals surface area contributed by atoms with Gasteiger partial charge in [-0.25, -0.2) is 9.59 Å². The summed E-state index contributed by atoms with van der Waals surface area (Å²) in [6.07, 6.45) is 3.13. The third-order valence-electron chi connectivity index (χ3n) is 15.0. The third kappa shape index (κ3) is 20.2. The number of aromatic nitrogens is 1. The van der Waals surface area contributed by atoms with Crippen LogP contribution < -0.4 is 47.9 Å². The zero-order valence-electron chi connectivity index (χ0n) is 52.9. The lowest BCUT2D eigenvalue weighted by Gasteiger charge is -2.36. The van der Waals surface area contributed by atoms with E-state index in [0.29, 0.717) is 32.2 Å². The fourth-order valence-corrected chi connectivity index (χ4v) is 10.0. The molecule has 1 aromatic carbocycles. The van der Waals surface area contributed by atoms with E-state index in [1.54, 1.807) is 54.7 Å². The summed E-state index contributed by atoms with van der Waals surface area (Å²) in [5.74, 6) is -6.87. The van der Waals surface area contributed by atoms with E-state index in [1.807, 2.05) is 65.8 Å². The van der Waals surface area contributed by atoms with Gasteiger partial charge >= 0.3 is 12.1 Å². The number of methoxy groups -OCH3 is 1. The summed E-state index contributed by atoms with van der Waals surface area (Å²) in [6, 6.07) is 0.102.